The van der Waals surface area contributed by atoms with Crippen LogP contribution in [0.25, 0.3) is 0 Å². The van der Waals surface area contributed by atoms with Crippen LogP contribution in [-0.4, -0.2) is 23.9 Å². The summed E-state index contributed by atoms with van der Waals surface area (Å²) in [7, 11) is 0. The molecule has 2 atom stereocenters. The Hall–Kier alpha value is -2.18. The maximum absolute atomic E-state index is 12.6. The number of anilines is 2. The minimum Gasteiger partial charge on any atom is -0.324 e. The highest BCUT2D eigenvalue weighted by Gasteiger charge is 2.34. The molecule has 3 N–H and O–H groups in total. The van der Waals surface area contributed by atoms with Crippen molar-refractivity contribution < 1.29 is 9.59 Å². The second-order valence-corrected chi connectivity index (χ2v) is 8.61. The first kappa shape index (κ1) is 18.2. The second kappa shape index (κ2) is 8.23. The van der Waals surface area contributed by atoms with Crippen molar-refractivity contribution in [2.75, 3.05) is 10.6 Å². The van der Waals surface area contributed by atoms with Gasteiger partial charge in [-0.05, 0) is 55.2 Å². The molecule has 1 aromatic heterocycles. The number of carbonyl (C=O) groups excluding carboxylic acids is 2. The van der Waals surface area contributed by atoms with Gasteiger partial charge >= 0.3 is 0 Å². The van der Waals surface area contributed by atoms with Crippen molar-refractivity contribution in [2.45, 2.75) is 50.6 Å². The van der Waals surface area contributed by atoms with E-state index in [1.807, 2.05) is 41.8 Å². The Morgan fingerprint density at radius 1 is 0.963 bits per heavy atom. The highest BCUT2D eigenvalue weighted by molar-refractivity contribution is 7.10. The maximum Gasteiger partial charge on any atom is 0.229 e. The third-order valence-corrected chi connectivity index (χ3v) is 6.31. The van der Waals surface area contributed by atoms with Gasteiger partial charge in [-0.3, -0.25) is 9.59 Å². The molecule has 0 saturated carbocycles. The average molecular weight is 384 g/mol. The van der Waals surface area contributed by atoms with Gasteiger partial charge in [-0.25, -0.2) is 0 Å². The van der Waals surface area contributed by atoms with E-state index in [0.717, 1.165) is 17.7 Å². The molecule has 1 aromatic carbocycles. The molecular weight excluding hydrogens is 358 g/mol. The lowest BCUT2D eigenvalue weighted by atomic mass is 9.89. The Balaban J connectivity index is 1.34. The molecular formula is C21H25N3O2S. The molecule has 6 heteroatoms. The van der Waals surface area contributed by atoms with Crippen molar-refractivity contribution in [2.24, 2.45) is 5.92 Å². The van der Waals surface area contributed by atoms with E-state index in [0.29, 0.717) is 42.2 Å². The molecule has 2 unspecified atom stereocenters. The molecule has 2 aliphatic rings. The zero-order chi connectivity index (χ0) is 18.6. The highest BCUT2D eigenvalue weighted by Crippen LogP contribution is 2.33. The van der Waals surface area contributed by atoms with Crippen LogP contribution in [0.5, 0.6) is 0 Å². The minimum absolute atomic E-state index is 0.0289. The number of rotatable bonds is 6. The number of piperidine rings is 1. The first-order valence-corrected chi connectivity index (χ1v) is 10.5. The normalized spacial score (nSPS) is 23.8. The fourth-order valence-electron chi connectivity index (χ4n) is 4.27. The minimum atomic E-state index is -0.0749. The Morgan fingerprint density at radius 2 is 1.63 bits per heavy atom. The zero-order valence-electron chi connectivity index (χ0n) is 15.2. The largest absolute Gasteiger partial charge is 0.324 e. The van der Waals surface area contributed by atoms with Crippen molar-refractivity contribution in [3.8, 4) is 0 Å². The van der Waals surface area contributed by atoms with Crippen LogP contribution in [-0.2, 0) is 16.0 Å². The van der Waals surface area contributed by atoms with Gasteiger partial charge in [-0.2, -0.15) is 0 Å². The van der Waals surface area contributed by atoms with Gasteiger partial charge in [0.1, 0.15) is 0 Å². The summed E-state index contributed by atoms with van der Waals surface area (Å²) in [6.07, 6.45) is 5.54. The molecule has 142 valence electrons. The number of para-hydroxylation sites is 2. The Kier molecular flexibility index (Phi) is 5.55. The van der Waals surface area contributed by atoms with Crippen LogP contribution >= 0.6 is 11.3 Å². The SMILES string of the molecule is O=C(Cc1cccs1)Nc1ccccc1NC(=O)CC1CC2CCC(C1)N2. The van der Waals surface area contributed by atoms with Gasteiger partial charge in [0.2, 0.25) is 11.8 Å². The number of carbonyl (C=O) groups is 2. The van der Waals surface area contributed by atoms with Crippen molar-refractivity contribution in [1.29, 1.82) is 0 Å². The standard InChI is InChI=1S/C21H25N3O2S/c25-20(12-14-10-15-7-8-16(11-14)22-15)23-18-5-1-2-6-19(18)24-21(26)13-17-4-3-9-27-17/h1-6,9,14-16,22H,7-8,10-13H2,(H,23,25)(H,24,26). The summed E-state index contributed by atoms with van der Waals surface area (Å²) in [4.78, 5) is 25.9. The monoisotopic (exact) mass is 383 g/mol. The number of amides is 2. The molecule has 0 aliphatic carbocycles. The molecule has 0 spiro atoms. The first-order chi connectivity index (χ1) is 13.2. The first-order valence-electron chi connectivity index (χ1n) is 9.63. The summed E-state index contributed by atoms with van der Waals surface area (Å²) in [5.74, 6) is 0.402. The van der Waals surface area contributed by atoms with E-state index >= 15 is 0 Å². The third-order valence-electron chi connectivity index (χ3n) is 5.43. The lowest BCUT2D eigenvalue weighted by Crippen LogP contribution is -2.39. The molecule has 5 nitrogen and oxygen atoms in total. The van der Waals surface area contributed by atoms with E-state index in [1.165, 1.54) is 12.8 Å². The topological polar surface area (TPSA) is 70.2 Å². The molecule has 2 aliphatic heterocycles. The number of nitrogens with one attached hydrogen (secondary N) is 3. The number of hydrogen-bond donors (Lipinski definition) is 3. The van der Waals surface area contributed by atoms with Gasteiger partial charge in [0, 0.05) is 23.4 Å². The van der Waals surface area contributed by atoms with Crippen molar-refractivity contribution in [3.63, 3.8) is 0 Å². The van der Waals surface area contributed by atoms with Crippen LogP contribution in [0.1, 0.15) is 37.0 Å². The third kappa shape index (κ3) is 4.76. The van der Waals surface area contributed by atoms with E-state index in [4.69, 9.17) is 0 Å². The number of fused-ring (bicyclic) bond motifs is 2. The summed E-state index contributed by atoms with van der Waals surface area (Å²) in [6.45, 7) is 0. The van der Waals surface area contributed by atoms with Crippen LogP contribution in [0.4, 0.5) is 11.4 Å². The number of thiophene rings is 1. The van der Waals surface area contributed by atoms with E-state index in [2.05, 4.69) is 16.0 Å². The fraction of sp³-hybridized carbons (Fsp3) is 0.429. The lowest BCUT2D eigenvalue weighted by molar-refractivity contribution is -0.117. The fourth-order valence-corrected chi connectivity index (χ4v) is 4.98. The smallest absolute Gasteiger partial charge is 0.229 e. The van der Waals surface area contributed by atoms with Gasteiger partial charge in [-0.1, -0.05) is 18.2 Å². The molecule has 2 amide bonds. The van der Waals surface area contributed by atoms with Crippen LogP contribution in [0, 0.1) is 5.92 Å². The Morgan fingerprint density at radius 3 is 2.26 bits per heavy atom. The van der Waals surface area contributed by atoms with Crippen LogP contribution < -0.4 is 16.0 Å². The number of benzene rings is 1. The molecule has 4 rings (SSSR count). The molecule has 2 fully saturated rings. The number of hydrogen-bond acceptors (Lipinski definition) is 4. The summed E-state index contributed by atoms with van der Waals surface area (Å²) >= 11 is 1.57. The van der Waals surface area contributed by atoms with Gasteiger partial charge in [0.25, 0.3) is 0 Å². The van der Waals surface area contributed by atoms with Crippen molar-refractivity contribution in [3.05, 3.63) is 46.7 Å². The molecule has 2 aromatic rings. The molecule has 3 heterocycles. The van der Waals surface area contributed by atoms with Crippen molar-refractivity contribution in [1.82, 2.24) is 5.32 Å². The highest BCUT2D eigenvalue weighted by atomic mass is 32.1. The van der Waals surface area contributed by atoms with E-state index in [1.54, 1.807) is 11.3 Å². The quantitative estimate of drug-likeness (QED) is 0.711. The molecule has 2 bridgehead atoms. The molecule has 27 heavy (non-hydrogen) atoms. The molecule has 2 saturated heterocycles. The Labute approximate surface area is 163 Å². The maximum atomic E-state index is 12.6. The van der Waals surface area contributed by atoms with Crippen LogP contribution in [0.2, 0.25) is 0 Å². The van der Waals surface area contributed by atoms with Gasteiger partial charge in [0.05, 0.1) is 17.8 Å². The van der Waals surface area contributed by atoms with E-state index in [-0.39, 0.29) is 11.8 Å². The van der Waals surface area contributed by atoms with Gasteiger partial charge in [0.15, 0.2) is 0 Å². The lowest BCUT2D eigenvalue weighted by Gasteiger charge is -2.28. The van der Waals surface area contributed by atoms with Gasteiger partial charge < -0.3 is 16.0 Å². The average Bonchev–Trinajstić information content (AvgIpc) is 3.26. The van der Waals surface area contributed by atoms with Crippen molar-refractivity contribution >= 4 is 34.5 Å². The summed E-state index contributed by atoms with van der Waals surface area (Å²) in [5, 5.41) is 11.5. The summed E-state index contributed by atoms with van der Waals surface area (Å²) in [6, 6.07) is 12.5. The summed E-state index contributed by atoms with van der Waals surface area (Å²) in [5.41, 5.74) is 1.32. The van der Waals surface area contributed by atoms with E-state index in [9.17, 15) is 9.59 Å². The zero-order valence-corrected chi connectivity index (χ0v) is 16.1. The Bertz CT molecular complexity index is 794. The predicted molar refractivity (Wildman–Crippen MR) is 109 cm³/mol. The predicted octanol–water partition coefficient (Wildman–Crippen LogP) is 3.79. The van der Waals surface area contributed by atoms with Crippen LogP contribution in [0.3, 0.4) is 0 Å². The summed E-state index contributed by atoms with van der Waals surface area (Å²) < 4.78 is 0. The molecule has 0 radical (unpaired) electrons. The van der Waals surface area contributed by atoms with E-state index < -0.39 is 0 Å². The van der Waals surface area contributed by atoms with Crippen LogP contribution in [0.15, 0.2) is 41.8 Å². The second-order valence-electron chi connectivity index (χ2n) is 7.58. The van der Waals surface area contributed by atoms with Gasteiger partial charge in [-0.15, -0.1) is 11.3 Å².